The van der Waals surface area contributed by atoms with Gasteiger partial charge in [-0.25, -0.2) is 9.78 Å². The third-order valence-corrected chi connectivity index (χ3v) is 4.43. The zero-order valence-corrected chi connectivity index (χ0v) is 15.3. The molecule has 3 rings (SSSR count). The summed E-state index contributed by atoms with van der Waals surface area (Å²) in [6.07, 6.45) is 3.09. The van der Waals surface area contributed by atoms with Crippen LogP contribution in [0, 0.1) is 6.92 Å². The second kappa shape index (κ2) is 6.91. The third-order valence-electron chi connectivity index (χ3n) is 4.43. The molecule has 2 aromatic heterocycles. The van der Waals surface area contributed by atoms with Gasteiger partial charge in [0.05, 0.1) is 19.3 Å². The number of morpholine rings is 1. The zero-order valence-electron chi connectivity index (χ0n) is 15.3. The molecule has 0 aromatic carbocycles. The Bertz CT molecular complexity index is 906. The Morgan fingerprint density at radius 2 is 1.92 bits per heavy atom. The summed E-state index contributed by atoms with van der Waals surface area (Å²) in [7, 11) is 1.23. The van der Waals surface area contributed by atoms with Gasteiger partial charge in [0.25, 0.3) is 5.56 Å². The summed E-state index contributed by atoms with van der Waals surface area (Å²) in [4.78, 5) is 43.0. The highest BCUT2D eigenvalue weighted by molar-refractivity contribution is 5.89. The smallest absolute Gasteiger partial charge is 0.357 e. The number of esters is 1. The van der Waals surface area contributed by atoms with Crippen LogP contribution in [0.3, 0.4) is 0 Å². The molecule has 0 saturated carbocycles. The first-order chi connectivity index (χ1) is 12.3. The number of methoxy groups -OCH3 is 1. The van der Waals surface area contributed by atoms with E-state index in [-0.39, 0.29) is 47.3 Å². The summed E-state index contributed by atoms with van der Waals surface area (Å²) in [6, 6.07) is 0. The summed E-state index contributed by atoms with van der Waals surface area (Å²) >= 11 is 0. The fourth-order valence-corrected chi connectivity index (χ4v) is 3.21. The standard InChI is InChI=1S/C17H22N4O5/c1-10-7-20(8-11(2)26-10)13(22)9-19-5-6-21-15(23)12(3)14(16(24)25-4)18-17(19)21/h5-6,10-11H,7-9H2,1-4H3. The van der Waals surface area contributed by atoms with Crippen molar-refractivity contribution in [2.45, 2.75) is 39.5 Å². The van der Waals surface area contributed by atoms with Gasteiger partial charge in [0.2, 0.25) is 11.7 Å². The first-order valence-corrected chi connectivity index (χ1v) is 8.41. The van der Waals surface area contributed by atoms with Crippen LogP contribution in [0.5, 0.6) is 0 Å². The van der Waals surface area contributed by atoms with Crippen LogP contribution >= 0.6 is 0 Å². The maximum absolute atomic E-state index is 12.7. The first-order valence-electron chi connectivity index (χ1n) is 8.41. The molecule has 1 aliphatic heterocycles. The summed E-state index contributed by atoms with van der Waals surface area (Å²) < 4.78 is 13.2. The summed E-state index contributed by atoms with van der Waals surface area (Å²) in [5.41, 5.74) is -0.206. The van der Waals surface area contributed by atoms with Gasteiger partial charge in [-0.05, 0) is 20.8 Å². The highest BCUT2D eigenvalue weighted by atomic mass is 16.5. The lowest BCUT2D eigenvalue weighted by Gasteiger charge is -2.35. The van der Waals surface area contributed by atoms with Gasteiger partial charge in [-0.1, -0.05) is 0 Å². The average Bonchev–Trinajstić information content (AvgIpc) is 2.99. The fourth-order valence-electron chi connectivity index (χ4n) is 3.21. The number of aromatic nitrogens is 3. The monoisotopic (exact) mass is 362 g/mol. The Balaban J connectivity index is 1.93. The van der Waals surface area contributed by atoms with Crippen molar-refractivity contribution in [2.75, 3.05) is 20.2 Å². The van der Waals surface area contributed by atoms with Crippen LogP contribution < -0.4 is 5.56 Å². The normalized spacial score (nSPS) is 20.4. The van der Waals surface area contributed by atoms with Crippen LogP contribution in [0.1, 0.15) is 29.9 Å². The number of hydrogen-bond acceptors (Lipinski definition) is 6. The van der Waals surface area contributed by atoms with Crippen LogP contribution in [0.15, 0.2) is 17.2 Å². The third kappa shape index (κ3) is 3.22. The van der Waals surface area contributed by atoms with E-state index in [1.54, 1.807) is 15.7 Å². The molecule has 0 spiro atoms. The van der Waals surface area contributed by atoms with Crippen molar-refractivity contribution < 1.29 is 19.1 Å². The predicted molar refractivity (Wildman–Crippen MR) is 92.1 cm³/mol. The van der Waals surface area contributed by atoms with Crippen LogP contribution in [0.25, 0.3) is 5.78 Å². The maximum atomic E-state index is 12.7. The molecule has 2 unspecified atom stereocenters. The topological polar surface area (TPSA) is 95.1 Å². The Morgan fingerprint density at radius 1 is 1.27 bits per heavy atom. The van der Waals surface area contributed by atoms with E-state index in [9.17, 15) is 14.4 Å². The van der Waals surface area contributed by atoms with Gasteiger partial charge in [0, 0.05) is 31.0 Å². The van der Waals surface area contributed by atoms with Crippen LogP contribution in [-0.2, 0) is 20.8 Å². The first kappa shape index (κ1) is 18.1. The van der Waals surface area contributed by atoms with E-state index >= 15 is 0 Å². The molecule has 26 heavy (non-hydrogen) atoms. The minimum absolute atomic E-state index is 0.0199. The lowest BCUT2D eigenvalue weighted by molar-refractivity contribution is -0.143. The van der Waals surface area contributed by atoms with Gasteiger partial charge in [-0.15, -0.1) is 0 Å². The molecule has 2 aromatic rings. The molecule has 140 valence electrons. The van der Waals surface area contributed by atoms with Gasteiger partial charge < -0.3 is 18.9 Å². The van der Waals surface area contributed by atoms with E-state index in [1.807, 2.05) is 13.8 Å². The molecule has 9 nitrogen and oxygen atoms in total. The largest absolute Gasteiger partial charge is 0.464 e. The minimum atomic E-state index is -0.683. The van der Waals surface area contributed by atoms with Crippen LogP contribution in [0.4, 0.5) is 0 Å². The van der Waals surface area contributed by atoms with Crippen molar-refractivity contribution in [1.29, 1.82) is 0 Å². The molecule has 1 fully saturated rings. The number of fused-ring (bicyclic) bond motifs is 1. The van der Waals surface area contributed by atoms with Crippen LogP contribution in [0.2, 0.25) is 0 Å². The Morgan fingerprint density at radius 3 is 2.54 bits per heavy atom. The van der Waals surface area contributed by atoms with E-state index in [0.29, 0.717) is 13.1 Å². The van der Waals surface area contributed by atoms with Gasteiger partial charge in [-0.3, -0.25) is 14.0 Å². The zero-order chi connectivity index (χ0) is 19.0. The Labute approximate surface area is 150 Å². The summed E-state index contributed by atoms with van der Waals surface area (Å²) in [6.45, 7) is 6.42. The van der Waals surface area contributed by atoms with Gasteiger partial charge >= 0.3 is 5.97 Å². The number of carbonyl (C=O) groups is 2. The van der Waals surface area contributed by atoms with Crippen molar-refractivity contribution in [3.63, 3.8) is 0 Å². The molecule has 3 heterocycles. The van der Waals surface area contributed by atoms with Crippen molar-refractivity contribution in [2.24, 2.45) is 0 Å². The minimum Gasteiger partial charge on any atom is -0.464 e. The van der Waals surface area contributed by atoms with Crippen molar-refractivity contribution >= 4 is 17.7 Å². The van der Waals surface area contributed by atoms with Crippen molar-refractivity contribution in [3.05, 3.63) is 34.0 Å². The number of hydrogen-bond donors (Lipinski definition) is 0. The molecule has 9 heteroatoms. The molecule has 1 saturated heterocycles. The fraction of sp³-hybridized carbons (Fsp3) is 0.529. The molecule has 0 aliphatic carbocycles. The molecule has 1 aliphatic rings. The molecule has 2 atom stereocenters. The Kier molecular flexibility index (Phi) is 4.82. The van der Waals surface area contributed by atoms with Crippen LogP contribution in [-0.4, -0.2) is 63.1 Å². The van der Waals surface area contributed by atoms with E-state index in [0.717, 1.165) is 0 Å². The summed E-state index contributed by atoms with van der Waals surface area (Å²) in [5, 5.41) is 0. The van der Waals surface area contributed by atoms with E-state index in [4.69, 9.17) is 4.74 Å². The van der Waals surface area contributed by atoms with E-state index in [1.165, 1.54) is 24.6 Å². The van der Waals surface area contributed by atoms with E-state index < -0.39 is 5.97 Å². The highest BCUT2D eigenvalue weighted by Crippen LogP contribution is 2.12. The second-order valence-corrected chi connectivity index (χ2v) is 6.53. The maximum Gasteiger partial charge on any atom is 0.357 e. The molecule has 0 radical (unpaired) electrons. The molecule has 0 N–H and O–H groups in total. The van der Waals surface area contributed by atoms with Gasteiger partial charge in [0.15, 0.2) is 5.69 Å². The SMILES string of the molecule is COC(=O)c1nc2n(CC(=O)N3CC(C)OC(C)C3)ccn2c(=O)c1C. The number of amides is 1. The summed E-state index contributed by atoms with van der Waals surface area (Å²) in [5.74, 6) is -0.555. The number of nitrogens with zero attached hydrogens (tertiary/aromatic N) is 4. The predicted octanol–water partition coefficient (Wildman–Crippen LogP) is 0.227. The lowest BCUT2D eigenvalue weighted by Crippen LogP contribution is -2.49. The second-order valence-electron chi connectivity index (χ2n) is 6.53. The number of carbonyl (C=O) groups excluding carboxylic acids is 2. The average molecular weight is 362 g/mol. The van der Waals surface area contributed by atoms with Gasteiger partial charge in [0.1, 0.15) is 6.54 Å². The molecular weight excluding hydrogens is 340 g/mol. The quantitative estimate of drug-likeness (QED) is 0.725. The Hall–Kier alpha value is -2.68. The number of imidazole rings is 1. The van der Waals surface area contributed by atoms with E-state index in [2.05, 4.69) is 9.72 Å². The van der Waals surface area contributed by atoms with Gasteiger partial charge in [-0.2, -0.15) is 0 Å². The molecular formula is C17H22N4O5. The molecule has 1 amide bonds. The van der Waals surface area contributed by atoms with Crippen molar-refractivity contribution in [1.82, 2.24) is 18.9 Å². The molecule has 0 bridgehead atoms. The highest BCUT2D eigenvalue weighted by Gasteiger charge is 2.26. The van der Waals surface area contributed by atoms with Crippen molar-refractivity contribution in [3.8, 4) is 0 Å². The lowest BCUT2D eigenvalue weighted by atomic mass is 10.2. The number of ether oxygens (including phenoxy) is 2. The number of rotatable bonds is 3.